The topological polar surface area (TPSA) is 0 Å². The predicted molar refractivity (Wildman–Crippen MR) is 41.5 cm³/mol. The Morgan fingerprint density at radius 2 is 2.33 bits per heavy atom. The fourth-order valence-corrected chi connectivity index (χ4v) is 8.15. The number of rotatable bonds is 1. The van der Waals surface area contributed by atoms with E-state index in [1.165, 1.54) is 20.4 Å². The van der Waals surface area contributed by atoms with Crippen LogP contribution in [0.2, 0.25) is 0 Å². The summed E-state index contributed by atoms with van der Waals surface area (Å²) in [6.45, 7) is 0. The maximum Gasteiger partial charge on any atom is -0.00408 e. The Kier molecular flexibility index (Phi) is 2.63. The van der Waals surface area contributed by atoms with E-state index in [0.29, 0.717) is 7.12 Å². The van der Waals surface area contributed by atoms with Crippen molar-refractivity contribution in [1.29, 1.82) is 0 Å². The van der Waals surface area contributed by atoms with E-state index in [1.54, 1.807) is 10.4 Å². The number of hydrogen-bond donors (Lipinski definition) is 1. The Labute approximate surface area is 49.9 Å². The van der Waals surface area contributed by atoms with Crippen molar-refractivity contribution in [1.82, 2.24) is 0 Å². The van der Waals surface area contributed by atoms with Gasteiger partial charge in [0.15, 0.2) is 0 Å². The summed E-state index contributed by atoms with van der Waals surface area (Å²) in [7, 11) is 3.44. The molecule has 0 aromatic heterocycles. The molecule has 0 bridgehead atoms. The summed E-state index contributed by atoms with van der Waals surface area (Å²) in [5.41, 5.74) is 0. The molecule has 0 atom stereocenters. The lowest BCUT2D eigenvalue weighted by Crippen LogP contribution is -1.84. The molecule has 4 heteroatoms. The van der Waals surface area contributed by atoms with Crippen molar-refractivity contribution in [2.75, 3.05) is 11.8 Å². The summed E-state index contributed by atoms with van der Waals surface area (Å²) >= 11 is 4.10. The number of hydrogen-bond acceptors (Lipinski definition) is 2. The van der Waals surface area contributed by atoms with Crippen LogP contribution in [0.15, 0.2) is 0 Å². The second kappa shape index (κ2) is 2.77. The van der Waals surface area contributed by atoms with Gasteiger partial charge in [-0.15, -0.1) is 20.2 Å². The smallest absolute Gasteiger partial charge is 0.00408 e. The van der Waals surface area contributed by atoms with Crippen LogP contribution in [0.25, 0.3) is 0 Å². The van der Waals surface area contributed by atoms with Gasteiger partial charge in [-0.05, 0) is 18.9 Å². The summed E-state index contributed by atoms with van der Waals surface area (Å²) in [6.07, 6.45) is 0. The first-order valence-electron chi connectivity index (χ1n) is 1.70. The molecular weight excluding hydrogens is 150 g/mol. The van der Waals surface area contributed by atoms with Crippen LogP contribution in [0.3, 0.4) is 0 Å². The van der Waals surface area contributed by atoms with Crippen LogP contribution >= 0.6 is 37.8 Å². The van der Waals surface area contributed by atoms with E-state index in [4.69, 9.17) is 0 Å². The van der Waals surface area contributed by atoms with Crippen molar-refractivity contribution in [2.24, 2.45) is 0 Å². The second-order valence-electron chi connectivity index (χ2n) is 1.13. The third kappa shape index (κ3) is 1.26. The van der Waals surface area contributed by atoms with E-state index in [-0.39, 0.29) is 0 Å². The average Bonchev–Trinajstić information content (AvgIpc) is 1.31. The van der Waals surface area contributed by atoms with Gasteiger partial charge in [-0.2, -0.15) is 0 Å². The molecule has 0 N–H and O–H groups in total. The van der Waals surface area contributed by atoms with Crippen LogP contribution in [-0.2, 0) is 0 Å². The first kappa shape index (κ1) is 5.69. The molecule has 1 aliphatic rings. The van der Waals surface area contributed by atoms with E-state index >= 15 is 0 Å². The van der Waals surface area contributed by atoms with Gasteiger partial charge in [0, 0.05) is 0 Å². The average molecular weight is 156 g/mol. The van der Waals surface area contributed by atoms with Crippen LogP contribution in [0.4, 0.5) is 0 Å². The van der Waals surface area contributed by atoms with Crippen LogP contribution in [0.5, 0.6) is 0 Å². The second-order valence-corrected chi connectivity index (χ2v) is 8.80. The Hall–Kier alpha value is 1.56. The highest BCUT2D eigenvalue weighted by molar-refractivity contribution is 8.94. The van der Waals surface area contributed by atoms with Gasteiger partial charge in [0.25, 0.3) is 0 Å². The molecule has 0 saturated carbocycles. The van der Waals surface area contributed by atoms with E-state index < -0.39 is 0 Å². The summed E-state index contributed by atoms with van der Waals surface area (Å²) in [4.78, 5) is 0. The van der Waals surface area contributed by atoms with Crippen molar-refractivity contribution < 1.29 is 0 Å². The van der Waals surface area contributed by atoms with Gasteiger partial charge in [0.2, 0.25) is 0 Å². The molecule has 0 aromatic rings. The van der Waals surface area contributed by atoms with Crippen molar-refractivity contribution in [3.8, 4) is 0 Å². The van der Waals surface area contributed by atoms with Crippen molar-refractivity contribution in [3.63, 3.8) is 0 Å². The van der Waals surface area contributed by atoms with Gasteiger partial charge in [-0.3, -0.25) is 0 Å². The molecule has 36 valence electrons. The molecule has 1 saturated heterocycles. The molecular formula is C2H6P2S2. The summed E-state index contributed by atoms with van der Waals surface area (Å²) in [6, 6.07) is 0. The van der Waals surface area contributed by atoms with Gasteiger partial charge >= 0.3 is 0 Å². The molecule has 1 fully saturated rings. The lowest BCUT2D eigenvalue weighted by molar-refractivity contribution is 1.94. The van der Waals surface area contributed by atoms with Gasteiger partial charge in [-0.1, -0.05) is 10.4 Å². The van der Waals surface area contributed by atoms with Gasteiger partial charge < -0.3 is 0 Å². The van der Waals surface area contributed by atoms with Crippen molar-refractivity contribution in [3.05, 3.63) is 0 Å². The monoisotopic (exact) mass is 156 g/mol. The summed E-state index contributed by atoms with van der Waals surface area (Å²) < 4.78 is 0. The van der Waals surface area contributed by atoms with E-state index in [9.17, 15) is 0 Å². The molecule has 0 aliphatic carbocycles. The molecule has 1 aliphatic heterocycles. The Bertz CT molecular complexity index is 42.1. The third-order valence-electron chi connectivity index (χ3n) is 0.692. The zero-order valence-electron chi connectivity index (χ0n) is 3.22. The molecule has 0 aromatic carbocycles. The fraction of sp³-hybridized carbons (Fsp3) is 1.00. The minimum absolute atomic E-state index is 0.398. The van der Waals surface area contributed by atoms with Gasteiger partial charge in [-0.25, -0.2) is 0 Å². The minimum Gasteiger partial charge on any atom is -0.112 e. The maximum atomic E-state index is 4.10. The lowest BCUT2D eigenvalue weighted by atomic mass is 11.8. The van der Waals surface area contributed by atoms with Crippen molar-refractivity contribution in [2.45, 2.75) is 0 Å². The molecule has 1 heterocycles. The normalized spacial score (nSPS) is 36.5. The van der Waals surface area contributed by atoms with Crippen LogP contribution in [0.1, 0.15) is 0 Å². The Morgan fingerprint density at radius 3 is 2.33 bits per heavy atom. The molecule has 6 heavy (non-hydrogen) atoms. The zero-order valence-corrected chi connectivity index (χ0v) is 6.82. The largest absolute Gasteiger partial charge is 0.112 e. The van der Waals surface area contributed by atoms with Crippen molar-refractivity contribution >= 4 is 37.8 Å². The molecule has 0 amide bonds. The van der Waals surface area contributed by atoms with Crippen LogP contribution in [0, 0.1) is 0 Å². The molecule has 0 nitrogen and oxygen atoms in total. The SMILES string of the molecule is SSP1CPC1. The van der Waals surface area contributed by atoms with Gasteiger partial charge in [0.05, 0.1) is 0 Å². The first-order chi connectivity index (χ1) is 2.93. The quantitative estimate of drug-likeness (QED) is 0.346. The van der Waals surface area contributed by atoms with E-state index in [0.717, 1.165) is 0 Å². The standard InChI is InChI=1S/C2H6P2S2/c5-6-4-1-3-2-4/h3,5H,1-2H2. The summed E-state index contributed by atoms with van der Waals surface area (Å²) in [5, 5.41) is 0. The fourth-order valence-electron chi connectivity index (χ4n) is 0.261. The minimum atomic E-state index is 0.398. The highest BCUT2D eigenvalue weighted by atomic mass is 33.3. The Morgan fingerprint density at radius 1 is 1.67 bits per heavy atom. The van der Waals surface area contributed by atoms with Gasteiger partial charge in [0.1, 0.15) is 0 Å². The highest BCUT2D eigenvalue weighted by Gasteiger charge is 2.14. The molecule has 0 spiro atoms. The highest BCUT2D eigenvalue weighted by Crippen LogP contribution is 2.66. The van der Waals surface area contributed by atoms with E-state index in [2.05, 4.69) is 11.7 Å². The number of thiol groups is 1. The zero-order chi connectivity index (χ0) is 4.41. The molecule has 0 unspecified atom stereocenters. The van der Waals surface area contributed by atoms with Crippen LogP contribution in [-0.4, -0.2) is 11.8 Å². The molecule has 1 rings (SSSR count). The van der Waals surface area contributed by atoms with Crippen LogP contribution < -0.4 is 0 Å². The lowest BCUT2D eigenvalue weighted by Gasteiger charge is -2.21. The first-order valence-corrected chi connectivity index (χ1v) is 7.31. The maximum absolute atomic E-state index is 4.10. The predicted octanol–water partition coefficient (Wildman–Crippen LogP) is 2.57. The summed E-state index contributed by atoms with van der Waals surface area (Å²) in [5.74, 6) is 2.98. The van der Waals surface area contributed by atoms with E-state index in [1.807, 2.05) is 0 Å². The third-order valence-corrected chi connectivity index (χ3v) is 10.6. The molecule has 0 radical (unpaired) electrons. The Balaban J connectivity index is 2.01.